The van der Waals surface area contributed by atoms with Gasteiger partial charge < -0.3 is 9.15 Å². The Morgan fingerprint density at radius 2 is 2.21 bits per heavy atom. The number of likely N-dealkylation sites (tertiary alicyclic amines) is 1. The Balaban J connectivity index is 1.68. The van der Waals surface area contributed by atoms with Crippen molar-refractivity contribution in [1.82, 2.24) is 4.90 Å². The van der Waals surface area contributed by atoms with Gasteiger partial charge in [-0.05, 0) is 19.1 Å². The number of nitrogens with zero attached hydrogens (tertiary/aromatic N) is 1. The molecule has 4 heterocycles. The molecule has 0 unspecified atom stereocenters. The van der Waals surface area contributed by atoms with Crippen LogP contribution in [0.25, 0.3) is 0 Å². The van der Waals surface area contributed by atoms with Gasteiger partial charge in [-0.25, -0.2) is 0 Å². The predicted octanol–water partition coefficient (Wildman–Crippen LogP) is 1.11. The first-order chi connectivity index (χ1) is 9.10. The van der Waals surface area contributed by atoms with Gasteiger partial charge in [0, 0.05) is 0 Å². The quantitative estimate of drug-likeness (QED) is 0.589. The van der Waals surface area contributed by atoms with Crippen molar-refractivity contribution in [2.45, 2.75) is 25.2 Å². The van der Waals surface area contributed by atoms with Gasteiger partial charge in [0.15, 0.2) is 0 Å². The highest BCUT2D eigenvalue weighted by Crippen LogP contribution is 2.51. The summed E-state index contributed by atoms with van der Waals surface area (Å²) in [4.78, 5) is 26.2. The molecule has 2 amide bonds. The van der Waals surface area contributed by atoms with E-state index in [2.05, 4.69) is 0 Å². The van der Waals surface area contributed by atoms with Crippen LogP contribution in [0.3, 0.4) is 0 Å². The molecule has 0 radical (unpaired) electrons. The molecule has 3 aliphatic heterocycles. The van der Waals surface area contributed by atoms with Gasteiger partial charge >= 0.3 is 0 Å². The number of imide groups is 1. The van der Waals surface area contributed by atoms with E-state index in [0.717, 1.165) is 0 Å². The molecule has 5 heteroatoms. The van der Waals surface area contributed by atoms with Crippen molar-refractivity contribution >= 4 is 11.8 Å². The van der Waals surface area contributed by atoms with Crippen LogP contribution in [0.1, 0.15) is 12.7 Å². The second kappa shape index (κ2) is 3.36. The van der Waals surface area contributed by atoms with Gasteiger partial charge in [0.2, 0.25) is 11.8 Å². The summed E-state index contributed by atoms with van der Waals surface area (Å²) in [5.41, 5.74) is -0.625. The maximum atomic E-state index is 12.5. The fraction of sp³-hybridized carbons (Fsp3) is 0.429. The summed E-state index contributed by atoms with van der Waals surface area (Å²) >= 11 is 0. The van der Waals surface area contributed by atoms with E-state index in [4.69, 9.17) is 9.15 Å². The molecular weight excluding hydrogens is 246 g/mol. The Hall–Kier alpha value is -1.88. The number of rotatable bonds is 2. The summed E-state index contributed by atoms with van der Waals surface area (Å²) in [5.74, 6) is -0.430. The van der Waals surface area contributed by atoms with Crippen LogP contribution in [0, 0.1) is 11.8 Å². The highest BCUT2D eigenvalue weighted by Gasteiger charge is 2.65. The van der Waals surface area contributed by atoms with Crippen LogP contribution in [0.15, 0.2) is 35.0 Å². The zero-order valence-electron chi connectivity index (χ0n) is 10.4. The Labute approximate surface area is 109 Å². The fourth-order valence-electron chi connectivity index (χ4n) is 3.43. The minimum Gasteiger partial charge on any atom is -0.467 e. The summed E-state index contributed by atoms with van der Waals surface area (Å²) in [6.07, 6.45) is 5.08. The Kier molecular flexibility index (Phi) is 1.94. The average molecular weight is 259 g/mol. The number of ether oxygens (including phenoxy) is 1. The van der Waals surface area contributed by atoms with Crippen molar-refractivity contribution < 1.29 is 18.7 Å². The van der Waals surface area contributed by atoms with Gasteiger partial charge in [-0.1, -0.05) is 12.2 Å². The minimum atomic E-state index is -0.625. The van der Waals surface area contributed by atoms with E-state index < -0.39 is 5.60 Å². The number of carbonyl (C=O) groups is 2. The first-order valence-electron chi connectivity index (χ1n) is 6.35. The number of hydrogen-bond acceptors (Lipinski definition) is 4. The summed E-state index contributed by atoms with van der Waals surface area (Å²) in [7, 11) is 0. The van der Waals surface area contributed by atoms with E-state index in [1.54, 1.807) is 12.1 Å². The molecular formula is C14H13NO4. The highest BCUT2D eigenvalue weighted by molar-refractivity contribution is 6.07. The van der Waals surface area contributed by atoms with Gasteiger partial charge in [-0.2, -0.15) is 0 Å². The number of fused-ring (bicyclic) bond motifs is 5. The molecule has 19 heavy (non-hydrogen) atoms. The van der Waals surface area contributed by atoms with Crippen LogP contribution >= 0.6 is 0 Å². The highest BCUT2D eigenvalue weighted by atomic mass is 16.5. The standard InChI is InChI=1S/C14H13NO4/c1-14-5-4-9(19-14)10-11(14)13(17)15(12(10)16)7-8-3-2-6-18-8/h2-6,9-11H,7H2,1H3/t9-,10-,11-,14+/m1/s1. The summed E-state index contributed by atoms with van der Waals surface area (Å²) in [6.45, 7) is 2.08. The molecule has 0 aromatic carbocycles. The third-order valence-electron chi connectivity index (χ3n) is 4.31. The van der Waals surface area contributed by atoms with Gasteiger partial charge in [0.1, 0.15) is 5.76 Å². The molecule has 0 aliphatic carbocycles. The summed E-state index contributed by atoms with van der Waals surface area (Å²) in [5, 5.41) is 0. The summed E-state index contributed by atoms with van der Waals surface area (Å²) < 4.78 is 11.0. The SMILES string of the molecule is C[C@@]12C=C[C@@H](O1)[C@H]1C(=O)N(Cc3ccco3)C(=O)[C@@H]12. The fourth-order valence-corrected chi connectivity index (χ4v) is 3.43. The van der Waals surface area contributed by atoms with Gasteiger partial charge in [0.05, 0.1) is 36.3 Å². The molecule has 0 saturated carbocycles. The van der Waals surface area contributed by atoms with Crippen LogP contribution in [0.4, 0.5) is 0 Å². The van der Waals surface area contributed by atoms with Crippen molar-refractivity contribution in [2.75, 3.05) is 0 Å². The molecule has 3 aliphatic rings. The third kappa shape index (κ3) is 1.28. The molecule has 4 atom stereocenters. The summed E-state index contributed by atoms with van der Waals surface area (Å²) in [6, 6.07) is 3.51. The average Bonchev–Trinajstić information content (AvgIpc) is 3.09. The van der Waals surface area contributed by atoms with Crippen LogP contribution in [0.2, 0.25) is 0 Å². The van der Waals surface area contributed by atoms with E-state index in [0.29, 0.717) is 5.76 Å². The van der Waals surface area contributed by atoms with Gasteiger partial charge in [-0.15, -0.1) is 0 Å². The Morgan fingerprint density at radius 1 is 1.37 bits per heavy atom. The van der Waals surface area contributed by atoms with Crippen LogP contribution in [-0.4, -0.2) is 28.4 Å². The van der Waals surface area contributed by atoms with Crippen molar-refractivity contribution in [3.63, 3.8) is 0 Å². The van der Waals surface area contributed by atoms with E-state index in [1.807, 2.05) is 19.1 Å². The lowest BCUT2D eigenvalue weighted by atomic mass is 9.78. The van der Waals surface area contributed by atoms with Crippen LogP contribution in [-0.2, 0) is 20.9 Å². The molecule has 2 fully saturated rings. The van der Waals surface area contributed by atoms with Crippen LogP contribution < -0.4 is 0 Å². The minimum absolute atomic E-state index is 0.149. The molecule has 0 spiro atoms. The second-order valence-corrected chi connectivity index (χ2v) is 5.47. The van der Waals surface area contributed by atoms with E-state index in [9.17, 15) is 9.59 Å². The first kappa shape index (κ1) is 11.0. The largest absolute Gasteiger partial charge is 0.467 e. The second-order valence-electron chi connectivity index (χ2n) is 5.47. The van der Waals surface area contributed by atoms with Crippen molar-refractivity contribution in [1.29, 1.82) is 0 Å². The molecule has 4 rings (SSSR count). The predicted molar refractivity (Wildman–Crippen MR) is 63.7 cm³/mol. The van der Waals surface area contributed by atoms with Crippen LogP contribution in [0.5, 0.6) is 0 Å². The molecule has 1 aromatic heterocycles. The van der Waals surface area contributed by atoms with Gasteiger partial charge in [0.25, 0.3) is 0 Å². The molecule has 2 bridgehead atoms. The Bertz CT molecular complexity index is 591. The molecule has 98 valence electrons. The maximum Gasteiger partial charge on any atom is 0.236 e. The smallest absolute Gasteiger partial charge is 0.236 e. The monoisotopic (exact) mass is 259 g/mol. The number of hydrogen-bond donors (Lipinski definition) is 0. The van der Waals surface area contributed by atoms with E-state index in [1.165, 1.54) is 11.2 Å². The third-order valence-corrected chi connectivity index (χ3v) is 4.31. The number of carbonyl (C=O) groups excluding carboxylic acids is 2. The number of amides is 2. The molecule has 0 N–H and O–H groups in total. The topological polar surface area (TPSA) is 59.8 Å². The lowest BCUT2D eigenvalue weighted by Crippen LogP contribution is -2.38. The van der Waals surface area contributed by atoms with Gasteiger partial charge in [-0.3, -0.25) is 14.5 Å². The zero-order chi connectivity index (χ0) is 13.2. The molecule has 1 aromatic rings. The lowest BCUT2D eigenvalue weighted by molar-refractivity contribution is -0.144. The van der Waals surface area contributed by atoms with E-state index in [-0.39, 0.29) is 36.3 Å². The maximum absolute atomic E-state index is 12.5. The first-order valence-corrected chi connectivity index (χ1v) is 6.35. The Morgan fingerprint density at radius 3 is 2.89 bits per heavy atom. The normalized spacial score (nSPS) is 39.4. The van der Waals surface area contributed by atoms with Crippen molar-refractivity contribution in [3.05, 3.63) is 36.3 Å². The zero-order valence-corrected chi connectivity index (χ0v) is 10.4. The van der Waals surface area contributed by atoms with Crippen molar-refractivity contribution in [2.24, 2.45) is 11.8 Å². The van der Waals surface area contributed by atoms with Crippen molar-refractivity contribution in [3.8, 4) is 0 Å². The lowest BCUT2D eigenvalue weighted by Gasteiger charge is -2.23. The molecule has 2 saturated heterocycles. The molecule has 5 nitrogen and oxygen atoms in total. The number of furan rings is 1. The van der Waals surface area contributed by atoms with E-state index >= 15 is 0 Å².